The number of carbonyl (C=O) groups is 2. The molecule has 0 radical (unpaired) electrons. The highest BCUT2D eigenvalue weighted by Crippen LogP contribution is 2.34. The van der Waals surface area contributed by atoms with Gasteiger partial charge in [-0.05, 0) is 57.8 Å². The largest absolute Gasteiger partial charge is 0.336 e. The number of fused-ring (bicyclic) bond motifs is 3. The first-order chi connectivity index (χ1) is 17.1. The number of anilines is 1. The summed E-state index contributed by atoms with van der Waals surface area (Å²) < 4.78 is 1.96. The molecule has 5 aromatic rings. The number of aldehydes is 1. The fourth-order valence-electron chi connectivity index (χ4n) is 4.95. The van der Waals surface area contributed by atoms with Crippen molar-refractivity contribution in [2.24, 2.45) is 0 Å². The summed E-state index contributed by atoms with van der Waals surface area (Å²) in [6, 6.07) is 31.5. The molecule has 0 atom stereocenters. The smallest absolute Gasteiger partial charge is 0.260 e. The van der Waals surface area contributed by atoms with Crippen molar-refractivity contribution in [1.82, 2.24) is 4.57 Å². The molecule has 1 amide bonds. The molecule has 2 heterocycles. The zero-order valence-corrected chi connectivity index (χ0v) is 19.6. The lowest BCUT2D eigenvalue weighted by molar-refractivity contribution is 0.0985. The van der Waals surface area contributed by atoms with Crippen LogP contribution in [-0.2, 0) is 13.1 Å². The van der Waals surface area contributed by atoms with E-state index in [-0.39, 0.29) is 5.91 Å². The molecule has 5 heteroatoms. The summed E-state index contributed by atoms with van der Waals surface area (Å²) in [5, 5.41) is 2.70. The van der Waals surface area contributed by atoms with Crippen LogP contribution in [0.4, 0.5) is 5.69 Å². The van der Waals surface area contributed by atoms with E-state index in [1.54, 1.807) is 11.0 Å². The van der Waals surface area contributed by atoms with Crippen molar-refractivity contribution in [2.45, 2.75) is 13.1 Å². The van der Waals surface area contributed by atoms with E-state index >= 15 is 0 Å². The maximum absolute atomic E-state index is 13.8. The number of hydrogen-bond acceptors (Lipinski definition) is 2. The molecule has 0 saturated heterocycles. The van der Waals surface area contributed by atoms with E-state index in [0.717, 1.165) is 45.1 Å². The Kier molecular flexibility index (Phi) is 5.24. The maximum atomic E-state index is 13.8. The van der Waals surface area contributed by atoms with Gasteiger partial charge in [-0.15, -0.1) is 0 Å². The molecular formula is C30H21ClN2O2. The van der Waals surface area contributed by atoms with Crippen LogP contribution in [0.3, 0.4) is 0 Å². The molecule has 1 aromatic heterocycles. The molecule has 0 saturated carbocycles. The van der Waals surface area contributed by atoms with E-state index in [4.69, 9.17) is 11.6 Å². The molecule has 0 fully saturated rings. The third-order valence-electron chi connectivity index (χ3n) is 6.70. The fourth-order valence-corrected chi connectivity index (χ4v) is 5.21. The van der Waals surface area contributed by atoms with Crippen LogP contribution in [0.25, 0.3) is 21.9 Å². The number of nitrogens with zero attached hydrogens (tertiary/aromatic N) is 2. The predicted octanol–water partition coefficient (Wildman–Crippen LogP) is 6.98. The van der Waals surface area contributed by atoms with Crippen molar-refractivity contribution in [2.75, 3.05) is 4.90 Å². The minimum atomic E-state index is -0.172. The van der Waals surface area contributed by atoms with Gasteiger partial charge in [-0.3, -0.25) is 9.59 Å². The third-order valence-corrected chi connectivity index (χ3v) is 7.01. The Labute approximate surface area is 208 Å². The van der Waals surface area contributed by atoms with Gasteiger partial charge in [-0.25, -0.2) is 0 Å². The SMILES string of the molecule is O=Cc1ccc2n1Cc1ccccc1N(C(=O)c1ccc(-c3cccc4ccccc34)cc1Cl)C2. The van der Waals surface area contributed by atoms with Crippen LogP contribution in [0.2, 0.25) is 5.02 Å². The summed E-state index contributed by atoms with van der Waals surface area (Å²) in [5.74, 6) is -0.172. The van der Waals surface area contributed by atoms with Crippen LogP contribution in [0.5, 0.6) is 0 Å². The number of amides is 1. The van der Waals surface area contributed by atoms with E-state index in [2.05, 4.69) is 24.3 Å². The summed E-state index contributed by atoms with van der Waals surface area (Å²) in [7, 11) is 0. The molecule has 4 nitrogen and oxygen atoms in total. The molecule has 0 spiro atoms. The zero-order chi connectivity index (χ0) is 23.9. The van der Waals surface area contributed by atoms with Gasteiger partial charge in [0.15, 0.2) is 6.29 Å². The molecule has 6 rings (SSSR count). The number of benzene rings is 4. The van der Waals surface area contributed by atoms with Crippen molar-refractivity contribution in [3.8, 4) is 11.1 Å². The van der Waals surface area contributed by atoms with Crippen LogP contribution in [0, 0.1) is 0 Å². The van der Waals surface area contributed by atoms with Crippen LogP contribution in [0.15, 0.2) is 97.1 Å². The van der Waals surface area contributed by atoms with E-state index in [1.807, 2.05) is 71.3 Å². The Morgan fingerprint density at radius 3 is 2.49 bits per heavy atom. The van der Waals surface area contributed by atoms with Crippen LogP contribution < -0.4 is 4.90 Å². The normalized spacial score (nSPS) is 12.7. The number of para-hydroxylation sites is 1. The monoisotopic (exact) mass is 476 g/mol. The quantitative estimate of drug-likeness (QED) is 0.263. The first-order valence-corrected chi connectivity index (χ1v) is 11.8. The Hall–Kier alpha value is -4.15. The Morgan fingerprint density at radius 1 is 0.829 bits per heavy atom. The summed E-state index contributed by atoms with van der Waals surface area (Å²) in [4.78, 5) is 27.2. The Balaban J connectivity index is 1.41. The van der Waals surface area contributed by atoms with Crippen molar-refractivity contribution in [1.29, 1.82) is 0 Å². The number of aromatic nitrogens is 1. The summed E-state index contributed by atoms with van der Waals surface area (Å²) in [6.45, 7) is 0.884. The Bertz CT molecular complexity index is 1610. The highest BCUT2D eigenvalue weighted by atomic mass is 35.5. The minimum Gasteiger partial charge on any atom is -0.336 e. The molecule has 1 aliphatic rings. The van der Waals surface area contributed by atoms with Crippen molar-refractivity contribution in [3.05, 3.63) is 125 Å². The molecule has 0 unspecified atom stereocenters. The molecule has 0 N–H and O–H groups in total. The van der Waals surface area contributed by atoms with Gasteiger partial charge in [0.1, 0.15) is 0 Å². The van der Waals surface area contributed by atoms with E-state index in [1.165, 1.54) is 0 Å². The lowest BCUT2D eigenvalue weighted by Crippen LogP contribution is -2.30. The average molecular weight is 477 g/mol. The lowest BCUT2D eigenvalue weighted by Gasteiger charge is -2.23. The third kappa shape index (κ3) is 3.63. The van der Waals surface area contributed by atoms with Crippen molar-refractivity contribution >= 4 is 40.3 Å². The maximum Gasteiger partial charge on any atom is 0.260 e. The summed E-state index contributed by atoms with van der Waals surface area (Å²) in [6.07, 6.45) is 0.854. The molecule has 1 aliphatic heterocycles. The molecular weight excluding hydrogens is 456 g/mol. The number of halogens is 1. The second kappa shape index (κ2) is 8.57. The average Bonchev–Trinajstić information content (AvgIpc) is 3.19. The Morgan fingerprint density at radius 2 is 1.63 bits per heavy atom. The van der Waals surface area contributed by atoms with Gasteiger partial charge in [0, 0.05) is 11.4 Å². The van der Waals surface area contributed by atoms with Crippen LogP contribution in [0.1, 0.15) is 32.1 Å². The summed E-state index contributed by atoms with van der Waals surface area (Å²) >= 11 is 6.74. The highest BCUT2D eigenvalue weighted by Gasteiger charge is 2.27. The van der Waals surface area contributed by atoms with Gasteiger partial charge in [0.05, 0.1) is 29.4 Å². The van der Waals surface area contributed by atoms with Gasteiger partial charge >= 0.3 is 0 Å². The molecule has 35 heavy (non-hydrogen) atoms. The van der Waals surface area contributed by atoms with Crippen molar-refractivity contribution < 1.29 is 9.59 Å². The van der Waals surface area contributed by atoms with Gasteiger partial charge in [-0.1, -0.05) is 78.3 Å². The first-order valence-electron chi connectivity index (χ1n) is 11.4. The number of rotatable bonds is 3. The summed E-state index contributed by atoms with van der Waals surface area (Å²) in [5.41, 5.74) is 5.78. The van der Waals surface area contributed by atoms with Gasteiger partial charge in [0.25, 0.3) is 5.91 Å². The van der Waals surface area contributed by atoms with Crippen molar-refractivity contribution in [3.63, 3.8) is 0 Å². The lowest BCUT2D eigenvalue weighted by atomic mass is 9.97. The second-order valence-corrected chi connectivity index (χ2v) is 9.10. The fraction of sp³-hybridized carbons (Fsp3) is 0.0667. The topological polar surface area (TPSA) is 42.3 Å². The van der Waals surface area contributed by atoms with E-state index in [0.29, 0.717) is 29.4 Å². The standard InChI is InChI=1S/C30H21ClN2O2/c31-28-16-21(26-10-5-8-20-6-1-3-9-25(20)26)12-15-27(28)30(35)33-18-23-13-14-24(19-34)32(23)17-22-7-2-4-11-29(22)33/h1-16,19H,17-18H2. The zero-order valence-electron chi connectivity index (χ0n) is 18.8. The predicted molar refractivity (Wildman–Crippen MR) is 140 cm³/mol. The number of carbonyl (C=O) groups excluding carboxylic acids is 2. The minimum absolute atomic E-state index is 0.172. The molecule has 170 valence electrons. The van der Waals surface area contributed by atoms with Gasteiger partial charge in [-0.2, -0.15) is 0 Å². The second-order valence-electron chi connectivity index (χ2n) is 8.69. The van der Waals surface area contributed by atoms with Crippen LogP contribution in [-0.4, -0.2) is 16.8 Å². The van der Waals surface area contributed by atoms with Crippen LogP contribution >= 0.6 is 11.6 Å². The van der Waals surface area contributed by atoms with Gasteiger partial charge in [0.2, 0.25) is 0 Å². The van der Waals surface area contributed by atoms with E-state index in [9.17, 15) is 9.59 Å². The van der Waals surface area contributed by atoms with E-state index < -0.39 is 0 Å². The highest BCUT2D eigenvalue weighted by molar-refractivity contribution is 6.35. The van der Waals surface area contributed by atoms with Gasteiger partial charge < -0.3 is 9.47 Å². The molecule has 4 aromatic carbocycles. The molecule has 0 bridgehead atoms. The number of hydrogen-bond donors (Lipinski definition) is 0. The first kappa shape index (κ1) is 21.4. The molecule has 0 aliphatic carbocycles.